The summed E-state index contributed by atoms with van der Waals surface area (Å²) in [6.07, 6.45) is 0.274. The molecule has 16 heavy (non-hydrogen) atoms. The van der Waals surface area contributed by atoms with E-state index in [1.54, 1.807) is 0 Å². The molecule has 1 aromatic carbocycles. The van der Waals surface area contributed by atoms with Crippen molar-refractivity contribution in [3.8, 4) is 0 Å². The first-order valence-electron chi connectivity index (χ1n) is 4.60. The van der Waals surface area contributed by atoms with Gasteiger partial charge in [-0.05, 0) is 6.42 Å². The van der Waals surface area contributed by atoms with Gasteiger partial charge in [0, 0.05) is 25.3 Å². The Kier molecular flexibility index (Phi) is 4.30. The van der Waals surface area contributed by atoms with Gasteiger partial charge in [0.25, 0.3) is 5.91 Å². The molecule has 0 fully saturated rings. The van der Waals surface area contributed by atoms with Crippen molar-refractivity contribution in [3.05, 3.63) is 35.1 Å². The summed E-state index contributed by atoms with van der Waals surface area (Å²) in [5, 5.41) is 10.6. The Labute approximate surface area is 89.9 Å². The van der Waals surface area contributed by atoms with E-state index in [0.29, 0.717) is 12.1 Å². The summed E-state index contributed by atoms with van der Waals surface area (Å²) in [5.74, 6) is -4.55. The van der Waals surface area contributed by atoms with Crippen LogP contribution in [0.3, 0.4) is 0 Å². The van der Waals surface area contributed by atoms with E-state index in [1.165, 1.54) is 0 Å². The van der Waals surface area contributed by atoms with Crippen LogP contribution in [0.1, 0.15) is 16.8 Å². The second-order valence-electron chi connectivity index (χ2n) is 3.08. The van der Waals surface area contributed by atoms with E-state index in [1.807, 2.05) is 0 Å². The van der Waals surface area contributed by atoms with Crippen LogP contribution in [0, 0.1) is 17.5 Å². The summed E-state index contributed by atoms with van der Waals surface area (Å²) >= 11 is 0. The number of carbonyl (C=O) groups is 1. The first-order valence-corrected chi connectivity index (χ1v) is 4.60. The number of hydrogen-bond donors (Lipinski definition) is 2. The van der Waals surface area contributed by atoms with Gasteiger partial charge in [0.1, 0.15) is 23.0 Å². The third kappa shape index (κ3) is 2.96. The molecule has 1 aromatic rings. The maximum Gasteiger partial charge on any atom is 0.257 e. The Bertz CT molecular complexity index is 373. The molecule has 0 radical (unpaired) electrons. The van der Waals surface area contributed by atoms with E-state index in [0.717, 1.165) is 0 Å². The van der Waals surface area contributed by atoms with Crippen molar-refractivity contribution < 1.29 is 23.1 Å². The zero-order valence-electron chi connectivity index (χ0n) is 8.27. The van der Waals surface area contributed by atoms with Crippen molar-refractivity contribution in [2.75, 3.05) is 13.2 Å². The van der Waals surface area contributed by atoms with Crippen LogP contribution in [0.4, 0.5) is 13.2 Å². The lowest BCUT2D eigenvalue weighted by molar-refractivity contribution is 0.0942. The van der Waals surface area contributed by atoms with Crippen LogP contribution in [0.15, 0.2) is 12.1 Å². The Balaban J connectivity index is 2.83. The highest BCUT2D eigenvalue weighted by atomic mass is 19.1. The zero-order valence-corrected chi connectivity index (χ0v) is 8.27. The van der Waals surface area contributed by atoms with Crippen molar-refractivity contribution in [1.82, 2.24) is 5.32 Å². The summed E-state index contributed by atoms with van der Waals surface area (Å²) in [4.78, 5) is 11.3. The summed E-state index contributed by atoms with van der Waals surface area (Å²) in [6.45, 7) is -0.0553. The van der Waals surface area contributed by atoms with Crippen LogP contribution in [-0.2, 0) is 0 Å². The third-order valence-electron chi connectivity index (χ3n) is 1.85. The number of hydrogen-bond acceptors (Lipinski definition) is 2. The molecule has 0 saturated heterocycles. The molecular formula is C10H10F3NO2. The molecule has 0 unspecified atom stereocenters. The molecular weight excluding hydrogens is 223 g/mol. The van der Waals surface area contributed by atoms with Gasteiger partial charge in [0.05, 0.1) is 0 Å². The highest BCUT2D eigenvalue weighted by Crippen LogP contribution is 2.14. The second kappa shape index (κ2) is 5.50. The minimum absolute atomic E-state index is 0.0889. The molecule has 1 rings (SSSR count). The topological polar surface area (TPSA) is 49.3 Å². The zero-order chi connectivity index (χ0) is 12.1. The fourth-order valence-electron chi connectivity index (χ4n) is 1.13. The van der Waals surface area contributed by atoms with Crippen LogP contribution in [0.5, 0.6) is 0 Å². The summed E-state index contributed by atoms with van der Waals surface area (Å²) in [7, 11) is 0. The molecule has 0 aliphatic rings. The largest absolute Gasteiger partial charge is 0.396 e. The van der Waals surface area contributed by atoms with Crippen LogP contribution in [-0.4, -0.2) is 24.2 Å². The predicted molar refractivity (Wildman–Crippen MR) is 50.4 cm³/mol. The number of rotatable bonds is 4. The number of nitrogens with one attached hydrogen (secondary N) is 1. The van der Waals surface area contributed by atoms with Crippen LogP contribution < -0.4 is 5.32 Å². The van der Waals surface area contributed by atoms with E-state index in [2.05, 4.69) is 5.32 Å². The summed E-state index contributed by atoms with van der Waals surface area (Å²) < 4.78 is 38.7. The molecule has 0 bridgehead atoms. The van der Waals surface area contributed by atoms with E-state index in [9.17, 15) is 18.0 Å². The fraction of sp³-hybridized carbons (Fsp3) is 0.300. The lowest BCUT2D eigenvalue weighted by Gasteiger charge is -2.06. The van der Waals surface area contributed by atoms with Crippen LogP contribution in [0.2, 0.25) is 0 Å². The molecule has 88 valence electrons. The molecule has 0 aliphatic heterocycles. The number of halogens is 3. The molecule has 0 aliphatic carbocycles. The van der Waals surface area contributed by atoms with Gasteiger partial charge < -0.3 is 10.4 Å². The van der Waals surface area contributed by atoms with Gasteiger partial charge in [-0.1, -0.05) is 0 Å². The lowest BCUT2D eigenvalue weighted by Crippen LogP contribution is -2.27. The van der Waals surface area contributed by atoms with Crippen molar-refractivity contribution in [2.45, 2.75) is 6.42 Å². The number of amides is 1. The highest BCUT2D eigenvalue weighted by Gasteiger charge is 2.18. The average molecular weight is 233 g/mol. The average Bonchev–Trinajstić information content (AvgIpc) is 2.16. The van der Waals surface area contributed by atoms with E-state index >= 15 is 0 Å². The molecule has 3 nitrogen and oxygen atoms in total. The Morgan fingerprint density at radius 2 is 1.81 bits per heavy atom. The molecule has 0 saturated carbocycles. The van der Waals surface area contributed by atoms with Gasteiger partial charge in [-0.2, -0.15) is 0 Å². The van der Waals surface area contributed by atoms with Crippen molar-refractivity contribution >= 4 is 5.91 Å². The molecule has 0 atom stereocenters. The number of aliphatic hydroxyl groups is 1. The predicted octanol–water partition coefficient (Wildman–Crippen LogP) is 1.22. The number of benzene rings is 1. The normalized spacial score (nSPS) is 10.2. The smallest absolute Gasteiger partial charge is 0.257 e. The van der Waals surface area contributed by atoms with Crippen molar-refractivity contribution in [1.29, 1.82) is 0 Å². The van der Waals surface area contributed by atoms with Crippen LogP contribution in [0.25, 0.3) is 0 Å². The van der Waals surface area contributed by atoms with E-state index < -0.39 is 28.9 Å². The highest BCUT2D eigenvalue weighted by molar-refractivity contribution is 5.94. The molecule has 6 heteroatoms. The summed E-state index contributed by atoms with van der Waals surface area (Å²) in [6, 6.07) is 0.869. The first kappa shape index (κ1) is 12.5. The van der Waals surface area contributed by atoms with Gasteiger partial charge in [-0.25, -0.2) is 13.2 Å². The fourth-order valence-corrected chi connectivity index (χ4v) is 1.13. The molecule has 0 heterocycles. The quantitative estimate of drug-likeness (QED) is 0.768. The first-order chi connectivity index (χ1) is 7.56. The molecule has 0 aromatic heterocycles. The number of carbonyl (C=O) groups excluding carboxylic acids is 1. The van der Waals surface area contributed by atoms with E-state index in [4.69, 9.17) is 5.11 Å². The third-order valence-corrected chi connectivity index (χ3v) is 1.85. The minimum Gasteiger partial charge on any atom is -0.396 e. The lowest BCUT2D eigenvalue weighted by atomic mass is 10.1. The molecule has 2 N–H and O–H groups in total. The molecule has 1 amide bonds. The second-order valence-corrected chi connectivity index (χ2v) is 3.08. The van der Waals surface area contributed by atoms with Gasteiger partial charge in [0.2, 0.25) is 0 Å². The van der Waals surface area contributed by atoms with Crippen molar-refractivity contribution in [2.24, 2.45) is 0 Å². The van der Waals surface area contributed by atoms with E-state index in [-0.39, 0.29) is 19.6 Å². The number of aliphatic hydroxyl groups excluding tert-OH is 1. The maximum atomic E-state index is 13.1. The van der Waals surface area contributed by atoms with Gasteiger partial charge >= 0.3 is 0 Å². The van der Waals surface area contributed by atoms with Crippen molar-refractivity contribution in [3.63, 3.8) is 0 Å². The van der Waals surface area contributed by atoms with Gasteiger partial charge in [0.15, 0.2) is 0 Å². The monoisotopic (exact) mass is 233 g/mol. The Hall–Kier alpha value is -1.56. The SMILES string of the molecule is O=C(NCCCO)c1c(F)cc(F)cc1F. The van der Waals surface area contributed by atoms with Gasteiger partial charge in [-0.15, -0.1) is 0 Å². The minimum atomic E-state index is -1.25. The Morgan fingerprint density at radius 3 is 2.31 bits per heavy atom. The molecule has 0 spiro atoms. The van der Waals surface area contributed by atoms with Gasteiger partial charge in [-0.3, -0.25) is 4.79 Å². The summed E-state index contributed by atoms with van der Waals surface area (Å²) in [5.41, 5.74) is -0.820. The van der Waals surface area contributed by atoms with Crippen LogP contribution >= 0.6 is 0 Å². The maximum absolute atomic E-state index is 13.1. The Morgan fingerprint density at radius 1 is 1.25 bits per heavy atom. The standard InChI is InChI=1S/C10H10F3NO2/c11-6-4-7(12)9(8(13)5-6)10(16)14-2-1-3-15/h4-5,15H,1-3H2,(H,14,16).